The molecular formula is C22H28N2O2. The Morgan fingerprint density at radius 1 is 0.923 bits per heavy atom. The van der Waals surface area contributed by atoms with Gasteiger partial charge in [-0.2, -0.15) is 0 Å². The lowest BCUT2D eigenvalue weighted by atomic mass is 9.86. The highest BCUT2D eigenvalue weighted by Crippen LogP contribution is 2.29. The van der Waals surface area contributed by atoms with E-state index >= 15 is 0 Å². The van der Waals surface area contributed by atoms with Crippen molar-refractivity contribution in [1.82, 2.24) is 4.90 Å². The van der Waals surface area contributed by atoms with Crippen LogP contribution in [0.5, 0.6) is 0 Å². The van der Waals surface area contributed by atoms with E-state index in [-0.39, 0.29) is 17.2 Å². The first-order valence-corrected chi connectivity index (χ1v) is 9.08. The minimum atomic E-state index is -0.212. The smallest absolute Gasteiger partial charge is 0.255 e. The van der Waals surface area contributed by atoms with Gasteiger partial charge < -0.3 is 10.2 Å². The number of carbonyl (C=O) groups excluding carboxylic acids is 2. The molecule has 0 spiro atoms. The number of hydrogen-bond donors (Lipinski definition) is 1. The van der Waals surface area contributed by atoms with Crippen molar-refractivity contribution in [3.8, 4) is 0 Å². The third kappa shape index (κ3) is 4.51. The molecule has 4 heteroatoms. The molecule has 0 atom stereocenters. The van der Waals surface area contributed by atoms with E-state index in [1.54, 1.807) is 29.2 Å². The monoisotopic (exact) mass is 352 g/mol. The van der Waals surface area contributed by atoms with Crippen LogP contribution in [-0.2, 0) is 5.41 Å². The minimum Gasteiger partial charge on any atom is -0.339 e. The quantitative estimate of drug-likeness (QED) is 0.846. The van der Waals surface area contributed by atoms with Crippen LogP contribution in [0.25, 0.3) is 0 Å². The molecule has 0 aliphatic rings. The van der Waals surface area contributed by atoms with Crippen LogP contribution in [0.15, 0.2) is 48.5 Å². The van der Waals surface area contributed by atoms with Crippen molar-refractivity contribution in [2.75, 3.05) is 18.4 Å². The number of rotatable bonds is 5. The Hall–Kier alpha value is -2.62. The summed E-state index contributed by atoms with van der Waals surface area (Å²) in [5, 5.41) is 2.99. The summed E-state index contributed by atoms with van der Waals surface area (Å²) in [6, 6.07) is 14.7. The third-order valence-corrected chi connectivity index (χ3v) is 4.41. The van der Waals surface area contributed by atoms with Crippen molar-refractivity contribution in [3.63, 3.8) is 0 Å². The average molecular weight is 352 g/mol. The molecule has 0 saturated carbocycles. The number of carbonyl (C=O) groups is 2. The molecule has 0 saturated heterocycles. The van der Waals surface area contributed by atoms with Gasteiger partial charge in [-0.15, -0.1) is 0 Å². The maximum absolute atomic E-state index is 12.7. The summed E-state index contributed by atoms with van der Waals surface area (Å²) in [5.74, 6) is -0.268. The lowest BCUT2D eigenvalue weighted by Crippen LogP contribution is -2.30. The summed E-state index contributed by atoms with van der Waals surface area (Å²) in [6.07, 6.45) is 0. The zero-order valence-electron chi connectivity index (χ0n) is 16.3. The van der Waals surface area contributed by atoms with E-state index in [1.807, 2.05) is 38.1 Å². The van der Waals surface area contributed by atoms with E-state index in [0.717, 1.165) is 11.3 Å². The Bertz CT molecular complexity index is 787. The van der Waals surface area contributed by atoms with E-state index in [0.29, 0.717) is 24.2 Å². The maximum Gasteiger partial charge on any atom is 0.255 e. The molecule has 0 heterocycles. The van der Waals surface area contributed by atoms with Crippen molar-refractivity contribution in [2.24, 2.45) is 0 Å². The van der Waals surface area contributed by atoms with Crippen LogP contribution in [0.4, 0.5) is 5.69 Å². The van der Waals surface area contributed by atoms with Gasteiger partial charge in [0.15, 0.2) is 0 Å². The van der Waals surface area contributed by atoms with Crippen molar-refractivity contribution in [2.45, 2.75) is 40.0 Å². The van der Waals surface area contributed by atoms with Gasteiger partial charge in [0.1, 0.15) is 0 Å². The number of nitrogens with zero attached hydrogens (tertiary/aromatic N) is 1. The predicted molar refractivity (Wildman–Crippen MR) is 107 cm³/mol. The number of benzene rings is 2. The molecule has 138 valence electrons. The lowest BCUT2D eigenvalue weighted by molar-refractivity contribution is 0.0773. The molecule has 26 heavy (non-hydrogen) atoms. The topological polar surface area (TPSA) is 49.4 Å². The Kier molecular flexibility index (Phi) is 6.19. The highest BCUT2D eigenvalue weighted by Gasteiger charge is 2.20. The molecule has 0 unspecified atom stereocenters. The van der Waals surface area contributed by atoms with Crippen LogP contribution in [0.3, 0.4) is 0 Å². The van der Waals surface area contributed by atoms with Crippen LogP contribution < -0.4 is 5.32 Å². The first-order valence-electron chi connectivity index (χ1n) is 9.08. The third-order valence-electron chi connectivity index (χ3n) is 4.41. The fraction of sp³-hybridized carbons (Fsp3) is 0.364. The fourth-order valence-corrected chi connectivity index (χ4v) is 2.93. The second kappa shape index (κ2) is 8.17. The van der Waals surface area contributed by atoms with Gasteiger partial charge in [0.25, 0.3) is 11.8 Å². The molecule has 2 aromatic carbocycles. The predicted octanol–water partition coefficient (Wildman–Crippen LogP) is 4.72. The zero-order valence-corrected chi connectivity index (χ0v) is 16.3. The van der Waals surface area contributed by atoms with Gasteiger partial charge in [-0.05, 0) is 49.1 Å². The highest BCUT2D eigenvalue weighted by atomic mass is 16.2. The summed E-state index contributed by atoms with van der Waals surface area (Å²) in [4.78, 5) is 27.0. The van der Waals surface area contributed by atoms with Gasteiger partial charge in [-0.1, -0.05) is 45.0 Å². The Labute approximate surface area is 156 Å². The van der Waals surface area contributed by atoms with Gasteiger partial charge in [-0.25, -0.2) is 0 Å². The molecule has 4 nitrogen and oxygen atoms in total. The SMILES string of the molecule is CCN(CC)C(=O)c1cccc(C(=O)Nc2ccccc2C(C)(C)C)c1. The molecule has 0 aromatic heterocycles. The standard InChI is InChI=1S/C22H28N2O2/c1-6-24(7-2)21(26)17-12-10-11-16(15-17)20(25)23-19-14-9-8-13-18(19)22(3,4)5/h8-15H,6-7H2,1-5H3,(H,23,25). The van der Waals surface area contributed by atoms with Gasteiger partial charge in [-0.3, -0.25) is 9.59 Å². The molecule has 0 aliphatic heterocycles. The van der Waals surface area contributed by atoms with Crippen molar-refractivity contribution < 1.29 is 9.59 Å². The molecule has 2 rings (SSSR count). The van der Waals surface area contributed by atoms with Crippen LogP contribution in [0.1, 0.15) is 60.9 Å². The van der Waals surface area contributed by atoms with Gasteiger partial charge in [0.2, 0.25) is 0 Å². The summed E-state index contributed by atoms with van der Waals surface area (Å²) in [6.45, 7) is 11.5. The van der Waals surface area contributed by atoms with Crippen molar-refractivity contribution >= 4 is 17.5 Å². The lowest BCUT2D eigenvalue weighted by Gasteiger charge is -2.23. The largest absolute Gasteiger partial charge is 0.339 e. The van der Waals surface area contributed by atoms with Gasteiger partial charge >= 0.3 is 0 Å². The molecule has 0 bridgehead atoms. The second-order valence-electron chi connectivity index (χ2n) is 7.31. The van der Waals surface area contributed by atoms with E-state index in [4.69, 9.17) is 0 Å². The summed E-state index contributed by atoms with van der Waals surface area (Å²) in [5.41, 5.74) is 2.80. The second-order valence-corrected chi connectivity index (χ2v) is 7.31. The van der Waals surface area contributed by atoms with E-state index in [9.17, 15) is 9.59 Å². The van der Waals surface area contributed by atoms with E-state index in [1.165, 1.54) is 0 Å². The van der Waals surface area contributed by atoms with E-state index in [2.05, 4.69) is 26.1 Å². The van der Waals surface area contributed by atoms with Crippen molar-refractivity contribution in [1.29, 1.82) is 0 Å². The fourth-order valence-electron chi connectivity index (χ4n) is 2.93. The normalized spacial score (nSPS) is 11.1. The molecule has 0 aliphatic carbocycles. The Balaban J connectivity index is 2.27. The number of amides is 2. The number of nitrogens with one attached hydrogen (secondary N) is 1. The number of hydrogen-bond acceptors (Lipinski definition) is 2. The Morgan fingerprint density at radius 2 is 1.54 bits per heavy atom. The first kappa shape index (κ1) is 19.7. The zero-order chi connectivity index (χ0) is 19.3. The average Bonchev–Trinajstić information content (AvgIpc) is 2.62. The minimum absolute atomic E-state index is 0.0558. The first-order chi connectivity index (χ1) is 12.3. The molecule has 0 fully saturated rings. The summed E-state index contributed by atoms with van der Waals surface area (Å²) < 4.78 is 0. The van der Waals surface area contributed by atoms with Crippen LogP contribution >= 0.6 is 0 Å². The van der Waals surface area contributed by atoms with Crippen LogP contribution in [-0.4, -0.2) is 29.8 Å². The molecule has 1 N–H and O–H groups in total. The Morgan fingerprint density at radius 3 is 2.15 bits per heavy atom. The maximum atomic E-state index is 12.7. The summed E-state index contributed by atoms with van der Waals surface area (Å²) in [7, 11) is 0. The molecular weight excluding hydrogens is 324 g/mol. The highest BCUT2D eigenvalue weighted by molar-refractivity contribution is 6.06. The molecule has 0 radical (unpaired) electrons. The molecule has 2 amide bonds. The molecule has 2 aromatic rings. The van der Waals surface area contributed by atoms with Gasteiger partial charge in [0, 0.05) is 29.9 Å². The van der Waals surface area contributed by atoms with Crippen LogP contribution in [0.2, 0.25) is 0 Å². The van der Waals surface area contributed by atoms with E-state index < -0.39 is 0 Å². The number of anilines is 1. The van der Waals surface area contributed by atoms with Crippen molar-refractivity contribution in [3.05, 3.63) is 65.2 Å². The van der Waals surface area contributed by atoms with Crippen LogP contribution in [0, 0.1) is 0 Å². The number of para-hydroxylation sites is 1. The summed E-state index contributed by atoms with van der Waals surface area (Å²) >= 11 is 0. The van der Waals surface area contributed by atoms with Gasteiger partial charge in [0.05, 0.1) is 0 Å².